The highest BCUT2D eigenvalue weighted by Gasteiger charge is 2.06. The van der Waals surface area contributed by atoms with E-state index in [9.17, 15) is 4.79 Å². The van der Waals surface area contributed by atoms with E-state index in [2.05, 4.69) is 10.3 Å². The Morgan fingerprint density at radius 1 is 1.16 bits per heavy atom. The number of aromatic nitrogens is 2. The van der Waals surface area contributed by atoms with E-state index in [1.165, 1.54) is 0 Å². The molecule has 0 spiro atoms. The van der Waals surface area contributed by atoms with E-state index in [-0.39, 0.29) is 5.91 Å². The standard InChI is InChI=1S/C20H21N3O2/c1-15-11-17(5-8-19(15)25-2)12-20(24)22-13-16-3-6-18(7-4-16)23-10-9-21-14-23/h3-11,14H,12-13H2,1-2H3,(H,22,24). The largest absolute Gasteiger partial charge is 0.496 e. The van der Waals surface area contributed by atoms with Gasteiger partial charge in [-0.3, -0.25) is 4.79 Å². The second kappa shape index (κ2) is 7.66. The van der Waals surface area contributed by atoms with Crippen LogP contribution in [-0.4, -0.2) is 22.6 Å². The van der Waals surface area contributed by atoms with Crippen LogP contribution in [0.4, 0.5) is 0 Å². The minimum Gasteiger partial charge on any atom is -0.496 e. The summed E-state index contributed by atoms with van der Waals surface area (Å²) in [6.07, 6.45) is 5.76. The van der Waals surface area contributed by atoms with Crippen molar-refractivity contribution in [3.63, 3.8) is 0 Å². The fourth-order valence-corrected chi connectivity index (χ4v) is 2.70. The van der Waals surface area contributed by atoms with Crippen molar-refractivity contribution in [2.75, 3.05) is 7.11 Å². The molecule has 0 radical (unpaired) electrons. The summed E-state index contributed by atoms with van der Waals surface area (Å²) in [5.74, 6) is 0.838. The van der Waals surface area contributed by atoms with Crippen LogP contribution in [0.1, 0.15) is 16.7 Å². The van der Waals surface area contributed by atoms with Gasteiger partial charge in [-0.1, -0.05) is 24.3 Å². The maximum atomic E-state index is 12.2. The number of hydrogen-bond acceptors (Lipinski definition) is 3. The summed E-state index contributed by atoms with van der Waals surface area (Å²) in [6, 6.07) is 13.8. The Hall–Kier alpha value is -3.08. The van der Waals surface area contributed by atoms with Crippen molar-refractivity contribution >= 4 is 5.91 Å². The van der Waals surface area contributed by atoms with Crippen LogP contribution in [0.25, 0.3) is 5.69 Å². The zero-order valence-electron chi connectivity index (χ0n) is 14.4. The van der Waals surface area contributed by atoms with E-state index >= 15 is 0 Å². The molecule has 3 rings (SSSR count). The van der Waals surface area contributed by atoms with E-state index < -0.39 is 0 Å². The van der Waals surface area contributed by atoms with Gasteiger partial charge in [-0.25, -0.2) is 4.98 Å². The van der Waals surface area contributed by atoms with E-state index in [1.807, 2.05) is 60.2 Å². The molecule has 0 aliphatic heterocycles. The van der Waals surface area contributed by atoms with E-state index in [4.69, 9.17) is 4.74 Å². The Morgan fingerprint density at radius 3 is 2.56 bits per heavy atom. The van der Waals surface area contributed by atoms with Crippen molar-refractivity contribution in [1.29, 1.82) is 0 Å². The number of aryl methyl sites for hydroxylation is 1. The number of amides is 1. The van der Waals surface area contributed by atoms with Crippen LogP contribution >= 0.6 is 0 Å². The maximum absolute atomic E-state index is 12.2. The van der Waals surface area contributed by atoms with Gasteiger partial charge in [0, 0.05) is 24.6 Å². The van der Waals surface area contributed by atoms with Gasteiger partial charge in [-0.15, -0.1) is 0 Å². The summed E-state index contributed by atoms with van der Waals surface area (Å²) < 4.78 is 7.18. The van der Waals surface area contributed by atoms with Gasteiger partial charge < -0.3 is 14.6 Å². The molecule has 3 aromatic rings. The number of hydrogen-bond donors (Lipinski definition) is 1. The number of carbonyl (C=O) groups excluding carboxylic acids is 1. The predicted molar refractivity (Wildman–Crippen MR) is 96.8 cm³/mol. The molecule has 0 unspecified atom stereocenters. The zero-order valence-corrected chi connectivity index (χ0v) is 14.4. The fraction of sp³-hybridized carbons (Fsp3) is 0.200. The topological polar surface area (TPSA) is 56.1 Å². The quantitative estimate of drug-likeness (QED) is 0.753. The van der Waals surface area contributed by atoms with Crippen molar-refractivity contribution in [2.24, 2.45) is 0 Å². The summed E-state index contributed by atoms with van der Waals surface area (Å²) in [5.41, 5.74) is 4.11. The summed E-state index contributed by atoms with van der Waals surface area (Å²) in [4.78, 5) is 16.2. The van der Waals surface area contributed by atoms with Crippen molar-refractivity contribution in [2.45, 2.75) is 19.9 Å². The fourth-order valence-electron chi connectivity index (χ4n) is 2.70. The Labute approximate surface area is 147 Å². The smallest absolute Gasteiger partial charge is 0.224 e. The highest BCUT2D eigenvalue weighted by atomic mass is 16.5. The lowest BCUT2D eigenvalue weighted by Crippen LogP contribution is -2.24. The molecule has 1 aromatic heterocycles. The lowest BCUT2D eigenvalue weighted by Gasteiger charge is -2.09. The minimum atomic E-state index is 0.00301. The lowest BCUT2D eigenvalue weighted by atomic mass is 10.1. The summed E-state index contributed by atoms with van der Waals surface area (Å²) in [5, 5.41) is 2.96. The highest BCUT2D eigenvalue weighted by Crippen LogP contribution is 2.18. The first-order valence-corrected chi connectivity index (χ1v) is 8.13. The van der Waals surface area contributed by atoms with Gasteiger partial charge in [0.15, 0.2) is 0 Å². The van der Waals surface area contributed by atoms with Crippen LogP contribution in [0.5, 0.6) is 5.75 Å². The van der Waals surface area contributed by atoms with Gasteiger partial charge in [-0.05, 0) is 41.8 Å². The number of carbonyl (C=O) groups is 1. The van der Waals surface area contributed by atoms with Gasteiger partial charge >= 0.3 is 0 Å². The first kappa shape index (κ1) is 16.8. The number of imidazole rings is 1. The van der Waals surface area contributed by atoms with Gasteiger partial charge in [0.2, 0.25) is 5.91 Å². The molecular formula is C20H21N3O2. The molecule has 128 valence electrons. The molecule has 5 heteroatoms. The number of nitrogens with one attached hydrogen (secondary N) is 1. The van der Waals surface area contributed by atoms with Crippen molar-refractivity contribution < 1.29 is 9.53 Å². The predicted octanol–water partition coefficient (Wildman–Crippen LogP) is 3.05. The third-order valence-corrected chi connectivity index (χ3v) is 4.05. The van der Waals surface area contributed by atoms with Crippen LogP contribution in [-0.2, 0) is 17.8 Å². The van der Waals surface area contributed by atoms with Gasteiger partial charge in [-0.2, -0.15) is 0 Å². The van der Waals surface area contributed by atoms with Gasteiger partial charge in [0.05, 0.1) is 19.9 Å². The second-order valence-electron chi connectivity index (χ2n) is 5.89. The van der Waals surface area contributed by atoms with E-state index in [0.717, 1.165) is 28.1 Å². The molecule has 0 aliphatic rings. The normalized spacial score (nSPS) is 10.5. The SMILES string of the molecule is COc1ccc(CC(=O)NCc2ccc(-n3ccnc3)cc2)cc1C. The van der Waals surface area contributed by atoms with Crippen molar-refractivity contribution in [3.05, 3.63) is 77.9 Å². The highest BCUT2D eigenvalue weighted by molar-refractivity contribution is 5.78. The summed E-state index contributed by atoms with van der Waals surface area (Å²) in [6.45, 7) is 2.49. The molecule has 2 aromatic carbocycles. The molecule has 0 aliphatic carbocycles. The third-order valence-electron chi connectivity index (χ3n) is 4.05. The number of benzene rings is 2. The van der Waals surface area contributed by atoms with E-state index in [0.29, 0.717) is 13.0 Å². The second-order valence-corrected chi connectivity index (χ2v) is 5.89. The Balaban J connectivity index is 1.54. The molecule has 1 amide bonds. The Kier molecular flexibility index (Phi) is 5.14. The van der Waals surface area contributed by atoms with E-state index in [1.54, 1.807) is 19.6 Å². The monoisotopic (exact) mass is 335 g/mol. The maximum Gasteiger partial charge on any atom is 0.224 e. The molecule has 5 nitrogen and oxygen atoms in total. The number of ether oxygens (including phenoxy) is 1. The Bertz CT molecular complexity index is 840. The minimum absolute atomic E-state index is 0.00301. The van der Waals surface area contributed by atoms with Crippen molar-refractivity contribution in [3.8, 4) is 11.4 Å². The average Bonchev–Trinajstić information content (AvgIpc) is 3.15. The number of nitrogens with zero attached hydrogens (tertiary/aromatic N) is 2. The Morgan fingerprint density at radius 2 is 1.92 bits per heavy atom. The molecule has 0 fully saturated rings. The van der Waals surface area contributed by atoms with Crippen LogP contribution in [0.3, 0.4) is 0 Å². The molecule has 0 saturated carbocycles. The molecule has 0 bridgehead atoms. The van der Waals surface area contributed by atoms with Gasteiger partial charge in [0.1, 0.15) is 5.75 Å². The summed E-state index contributed by atoms with van der Waals surface area (Å²) in [7, 11) is 1.65. The molecule has 0 saturated heterocycles. The van der Waals surface area contributed by atoms with Crippen LogP contribution in [0.2, 0.25) is 0 Å². The average molecular weight is 335 g/mol. The van der Waals surface area contributed by atoms with Crippen LogP contribution in [0.15, 0.2) is 61.2 Å². The first-order chi connectivity index (χ1) is 12.2. The van der Waals surface area contributed by atoms with Gasteiger partial charge in [0.25, 0.3) is 0 Å². The molecular weight excluding hydrogens is 314 g/mol. The molecule has 1 heterocycles. The third kappa shape index (κ3) is 4.26. The zero-order chi connectivity index (χ0) is 17.6. The van der Waals surface area contributed by atoms with Crippen molar-refractivity contribution in [1.82, 2.24) is 14.9 Å². The number of methoxy groups -OCH3 is 1. The lowest BCUT2D eigenvalue weighted by molar-refractivity contribution is -0.120. The van der Waals surface area contributed by atoms with Crippen LogP contribution in [0, 0.1) is 6.92 Å². The molecule has 1 N–H and O–H groups in total. The summed E-state index contributed by atoms with van der Waals surface area (Å²) >= 11 is 0. The first-order valence-electron chi connectivity index (χ1n) is 8.13. The molecule has 0 atom stereocenters. The molecule has 25 heavy (non-hydrogen) atoms. The van der Waals surface area contributed by atoms with Crippen LogP contribution < -0.4 is 10.1 Å². The number of rotatable bonds is 6.